The molecule has 1 saturated carbocycles. The zero-order valence-corrected chi connectivity index (χ0v) is 11.2. The monoisotopic (exact) mass is 282 g/mol. The van der Waals surface area contributed by atoms with Gasteiger partial charge in [-0.25, -0.2) is 4.98 Å². The number of nitrogens with one attached hydrogen (secondary N) is 1. The van der Waals surface area contributed by atoms with Crippen molar-refractivity contribution in [1.82, 2.24) is 4.98 Å². The minimum absolute atomic E-state index is 0.244. The number of hydrogen-bond acceptors (Lipinski definition) is 2. The molecule has 1 heterocycles. The van der Waals surface area contributed by atoms with Gasteiger partial charge in [-0.05, 0) is 49.7 Å². The van der Waals surface area contributed by atoms with Crippen LogP contribution in [0.2, 0.25) is 0 Å². The maximum atomic E-state index is 12.4. The molecule has 0 aliphatic heterocycles. The van der Waals surface area contributed by atoms with Gasteiger partial charge in [0.25, 0.3) is 0 Å². The van der Waals surface area contributed by atoms with Crippen molar-refractivity contribution in [3.05, 3.63) is 36.2 Å². The second-order valence-corrected chi connectivity index (χ2v) is 5.81. The van der Waals surface area contributed by atoms with Gasteiger partial charge in [-0.1, -0.05) is 12.2 Å². The molecule has 1 aromatic rings. The third-order valence-electron chi connectivity index (χ3n) is 4.42. The molecular formula is C15H17F3N2. The molecule has 2 aliphatic carbocycles. The van der Waals surface area contributed by atoms with Crippen LogP contribution in [-0.2, 0) is 6.18 Å². The van der Waals surface area contributed by atoms with E-state index in [1.807, 2.05) is 0 Å². The molecule has 3 rings (SSSR count). The molecule has 2 nitrogen and oxygen atoms in total. The smallest absolute Gasteiger partial charge is 0.381 e. The average Bonchev–Trinajstić information content (AvgIpc) is 3.00. The van der Waals surface area contributed by atoms with Gasteiger partial charge in [0.2, 0.25) is 0 Å². The highest BCUT2D eigenvalue weighted by Gasteiger charge is 2.38. The van der Waals surface area contributed by atoms with Crippen molar-refractivity contribution < 1.29 is 13.2 Å². The molecule has 20 heavy (non-hydrogen) atoms. The first kappa shape index (κ1) is 13.5. The molecule has 1 N–H and O–H groups in total. The third kappa shape index (κ3) is 2.53. The summed E-state index contributed by atoms with van der Waals surface area (Å²) in [4.78, 5) is 3.48. The molecule has 0 amide bonds. The fraction of sp³-hybridized carbons (Fsp3) is 0.533. The second kappa shape index (κ2) is 4.79. The summed E-state index contributed by atoms with van der Waals surface area (Å²) in [7, 11) is 0. The maximum absolute atomic E-state index is 12.4. The maximum Gasteiger partial charge on any atom is 0.433 e. The number of alkyl halides is 3. The van der Waals surface area contributed by atoms with Gasteiger partial charge in [-0.2, -0.15) is 13.2 Å². The predicted octanol–water partition coefficient (Wildman–Crippen LogP) is 4.11. The van der Waals surface area contributed by atoms with Crippen molar-refractivity contribution in [2.75, 3.05) is 5.32 Å². The fourth-order valence-corrected chi connectivity index (χ4v) is 3.42. The molecule has 0 saturated heterocycles. The Labute approximate surface area is 116 Å². The van der Waals surface area contributed by atoms with Gasteiger partial charge < -0.3 is 5.32 Å². The number of halogens is 3. The fourth-order valence-electron chi connectivity index (χ4n) is 3.42. The first-order chi connectivity index (χ1) is 9.43. The molecule has 1 aromatic heterocycles. The van der Waals surface area contributed by atoms with Gasteiger partial charge >= 0.3 is 6.18 Å². The Bertz CT molecular complexity index is 507. The van der Waals surface area contributed by atoms with Crippen molar-refractivity contribution in [3.8, 4) is 0 Å². The Kier molecular flexibility index (Phi) is 3.22. The standard InChI is InChI=1S/C15H17F3N2/c1-9(13-7-10-2-3-11(13)6-10)20-12-4-5-14(19-8-12)15(16,17)18/h2-5,8-11,13,20H,6-7H2,1H3. The molecule has 108 valence electrons. The van der Waals surface area contributed by atoms with E-state index in [4.69, 9.17) is 0 Å². The number of anilines is 1. The largest absolute Gasteiger partial charge is 0.433 e. The van der Waals surface area contributed by atoms with Crippen LogP contribution in [0.5, 0.6) is 0 Å². The number of nitrogens with zero attached hydrogens (tertiary/aromatic N) is 1. The number of aromatic nitrogens is 1. The lowest BCUT2D eigenvalue weighted by Gasteiger charge is -2.27. The molecule has 4 unspecified atom stereocenters. The highest BCUT2D eigenvalue weighted by Crippen LogP contribution is 2.45. The lowest BCUT2D eigenvalue weighted by Crippen LogP contribution is -2.28. The van der Waals surface area contributed by atoms with Crippen LogP contribution in [0, 0.1) is 17.8 Å². The Hall–Kier alpha value is -1.52. The van der Waals surface area contributed by atoms with Crippen molar-refractivity contribution in [2.24, 2.45) is 17.8 Å². The number of pyridine rings is 1. The van der Waals surface area contributed by atoms with E-state index in [-0.39, 0.29) is 6.04 Å². The van der Waals surface area contributed by atoms with E-state index in [9.17, 15) is 13.2 Å². The van der Waals surface area contributed by atoms with E-state index in [0.29, 0.717) is 23.4 Å². The van der Waals surface area contributed by atoms with Crippen LogP contribution in [0.4, 0.5) is 18.9 Å². The summed E-state index contributed by atoms with van der Waals surface area (Å²) < 4.78 is 37.3. The normalized spacial score (nSPS) is 29.7. The van der Waals surface area contributed by atoms with Crippen LogP contribution in [0.3, 0.4) is 0 Å². The van der Waals surface area contributed by atoms with Crippen LogP contribution in [0.25, 0.3) is 0 Å². The van der Waals surface area contributed by atoms with Gasteiger partial charge in [0.05, 0.1) is 11.9 Å². The highest BCUT2D eigenvalue weighted by molar-refractivity contribution is 5.42. The Morgan fingerprint density at radius 1 is 1.25 bits per heavy atom. The molecular weight excluding hydrogens is 265 g/mol. The summed E-state index contributed by atoms with van der Waals surface area (Å²) in [5.74, 6) is 1.87. The molecule has 0 spiro atoms. The van der Waals surface area contributed by atoms with Gasteiger partial charge in [-0.3, -0.25) is 0 Å². The van der Waals surface area contributed by atoms with E-state index >= 15 is 0 Å². The Morgan fingerprint density at radius 3 is 2.55 bits per heavy atom. The zero-order valence-electron chi connectivity index (χ0n) is 11.2. The average molecular weight is 282 g/mol. The topological polar surface area (TPSA) is 24.9 Å². The van der Waals surface area contributed by atoms with E-state index in [1.54, 1.807) is 0 Å². The molecule has 4 atom stereocenters. The number of fused-ring (bicyclic) bond motifs is 2. The van der Waals surface area contributed by atoms with Crippen molar-refractivity contribution in [3.63, 3.8) is 0 Å². The van der Waals surface area contributed by atoms with Gasteiger partial charge in [0.1, 0.15) is 5.69 Å². The molecule has 0 radical (unpaired) electrons. The molecule has 2 bridgehead atoms. The number of allylic oxidation sites excluding steroid dienone is 2. The van der Waals surface area contributed by atoms with Crippen molar-refractivity contribution in [2.45, 2.75) is 32.0 Å². The SMILES string of the molecule is CC(Nc1ccc(C(F)(F)F)nc1)C1CC2C=CC1C2. The Morgan fingerprint density at radius 2 is 2.05 bits per heavy atom. The summed E-state index contributed by atoms with van der Waals surface area (Å²) in [5, 5.41) is 3.28. The Balaban J connectivity index is 1.64. The summed E-state index contributed by atoms with van der Waals surface area (Å²) in [6.07, 6.45) is 3.85. The summed E-state index contributed by atoms with van der Waals surface area (Å²) in [5.41, 5.74) is -0.198. The minimum atomic E-state index is -4.38. The minimum Gasteiger partial charge on any atom is -0.381 e. The third-order valence-corrected chi connectivity index (χ3v) is 4.42. The van der Waals surface area contributed by atoms with Gasteiger partial charge in [0.15, 0.2) is 0 Å². The lowest BCUT2D eigenvalue weighted by atomic mass is 9.87. The van der Waals surface area contributed by atoms with E-state index in [2.05, 4.69) is 29.4 Å². The van der Waals surface area contributed by atoms with Crippen LogP contribution in [-0.4, -0.2) is 11.0 Å². The second-order valence-electron chi connectivity index (χ2n) is 5.81. The van der Waals surface area contributed by atoms with Gasteiger partial charge in [0, 0.05) is 6.04 Å². The van der Waals surface area contributed by atoms with Crippen molar-refractivity contribution in [1.29, 1.82) is 0 Å². The molecule has 2 aliphatic rings. The highest BCUT2D eigenvalue weighted by atomic mass is 19.4. The van der Waals surface area contributed by atoms with E-state index in [1.165, 1.54) is 25.1 Å². The van der Waals surface area contributed by atoms with Crippen molar-refractivity contribution >= 4 is 5.69 Å². The predicted molar refractivity (Wildman–Crippen MR) is 71.2 cm³/mol. The van der Waals surface area contributed by atoms with Gasteiger partial charge in [-0.15, -0.1) is 0 Å². The number of hydrogen-bond donors (Lipinski definition) is 1. The van der Waals surface area contributed by atoms with E-state index in [0.717, 1.165) is 6.07 Å². The lowest BCUT2D eigenvalue weighted by molar-refractivity contribution is -0.141. The van der Waals surface area contributed by atoms with Crippen LogP contribution < -0.4 is 5.32 Å². The summed E-state index contributed by atoms with van der Waals surface area (Å²) >= 11 is 0. The van der Waals surface area contributed by atoms with Crippen LogP contribution in [0.15, 0.2) is 30.5 Å². The molecule has 0 aromatic carbocycles. The first-order valence-corrected chi connectivity index (χ1v) is 6.91. The molecule has 1 fully saturated rings. The quantitative estimate of drug-likeness (QED) is 0.844. The van der Waals surface area contributed by atoms with E-state index < -0.39 is 11.9 Å². The van der Waals surface area contributed by atoms with Crippen LogP contribution in [0.1, 0.15) is 25.5 Å². The first-order valence-electron chi connectivity index (χ1n) is 6.91. The number of rotatable bonds is 3. The zero-order chi connectivity index (χ0) is 14.3. The summed E-state index contributed by atoms with van der Waals surface area (Å²) in [6.45, 7) is 2.09. The molecule has 5 heteroatoms. The summed E-state index contributed by atoms with van der Waals surface area (Å²) in [6, 6.07) is 2.72. The van der Waals surface area contributed by atoms with Crippen LogP contribution >= 0.6 is 0 Å².